The molecule has 3 nitrogen and oxygen atoms in total. The Morgan fingerprint density at radius 1 is 1.10 bits per heavy atom. The highest BCUT2D eigenvalue weighted by molar-refractivity contribution is 9.10. The van der Waals surface area contributed by atoms with Gasteiger partial charge in [-0.15, -0.1) is 0 Å². The van der Waals surface area contributed by atoms with Gasteiger partial charge in [0, 0.05) is 22.3 Å². The fourth-order valence-corrected chi connectivity index (χ4v) is 2.23. The van der Waals surface area contributed by atoms with Gasteiger partial charge in [0.25, 0.3) is 0 Å². The molecule has 0 amide bonds. The van der Waals surface area contributed by atoms with Crippen molar-refractivity contribution in [1.82, 2.24) is 0 Å². The minimum atomic E-state index is 0.625. The van der Waals surface area contributed by atoms with Crippen LogP contribution in [0.25, 0.3) is 0 Å². The lowest BCUT2D eigenvalue weighted by Crippen LogP contribution is -2.03. The maximum Gasteiger partial charge on any atom is 0.165 e. The minimum absolute atomic E-state index is 0.625. The molecule has 0 heterocycles. The summed E-state index contributed by atoms with van der Waals surface area (Å²) in [6.07, 6.45) is 0. The zero-order valence-electron chi connectivity index (χ0n) is 11.7. The topological polar surface area (TPSA) is 30.5 Å². The highest BCUT2D eigenvalue weighted by Crippen LogP contribution is 2.31. The highest BCUT2D eigenvalue weighted by Gasteiger charge is 2.09. The van der Waals surface area contributed by atoms with Gasteiger partial charge < -0.3 is 14.8 Å². The molecule has 4 heteroatoms. The Labute approximate surface area is 128 Å². The molecule has 0 saturated heterocycles. The minimum Gasteiger partial charge on any atom is -0.493 e. The number of halogens is 1. The molecule has 20 heavy (non-hydrogen) atoms. The van der Waals surface area contributed by atoms with Gasteiger partial charge in [-0.3, -0.25) is 0 Å². The van der Waals surface area contributed by atoms with Crippen molar-refractivity contribution in [2.75, 3.05) is 19.0 Å². The van der Waals surface area contributed by atoms with E-state index in [-0.39, 0.29) is 0 Å². The predicted molar refractivity (Wildman–Crippen MR) is 85.6 cm³/mol. The van der Waals surface area contributed by atoms with Crippen LogP contribution in [-0.4, -0.2) is 13.7 Å². The summed E-state index contributed by atoms with van der Waals surface area (Å²) in [6, 6.07) is 14.0. The second-order valence-electron chi connectivity index (χ2n) is 4.24. The normalized spacial score (nSPS) is 10.2. The van der Waals surface area contributed by atoms with Gasteiger partial charge >= 0.3 is 0 Å². The summed E-state index contributed by atoms with van der Waals surface area (Å²) in [7, 11) is 1.67. The summed E-state index contributed by atoms with van der Waals surface area (Å²) in [5, 5.41) is 3.38. The molecule has 0 aromatic heterocycles. The number of hydrogen-bond donors (Lipinski definition) is 1. The van der Waals surface area contributed by atoms with Crippen LogP contribution in [0.3, 0.4) is 0 Å². The van der Waals surface area contributed by atoms with Crippen molar-refractivity contribution in [2.24, 2.45) is 0 Å². The molecule has 1 N–H and O–H groups in total. The van der Waals surface area contributed by atoms with E-state index in [1.807, 2.05) is 49.4 Å². The lowest BCUT2D eigenvalue weighted by Gasteiger charge is -2.14. The van der Waals surface area contributed by atoms with E-state index in [1.165, 1.54) is 0 Å². The Kier molecular flexibility index (Phi) is 5.30. The zero-order valence-corrected chi connectivity index (χ0v) is 13.2. The molecule has 0 unspecified atom stereocenters. The Hall–Kier alpha value is -1.68. The van der Waals surface area contributed by atoms with Crippen molar-refractivity contribution in [3.63, 3.8) is 0 Å². The zero-order chi connectivity index (χ0) is 14.4. The first-order valence-electron chi connectivity index (χ1n) is 6.52. The van der Waals surface area contributed by atoms with Gasteiger partial charge in [0.1, 0.15) is 0 Å². The van der Waals surface area contributed by atoms with Gasteiger partial charge in [-0.2, -0.15) is 0 Å². The quantitative estimate of drug-likeness (QED) is 0.844. The molecule has 0 aliphatic heterocycles. The number of benzene rings is 2. The summed E-state index contributed by atoms with van der Waals surface area (Å²) in [5.41, 5.74) is 2.14. The molecule has 2 aromatic carbocycles. The lowest BCUT2D eigenvalue weighted by molar-refractivity contribution is 0.309. The van der Waals surface area contributed by atoms with E-state index in [2.05, 4.69) is 21.2 Å². The van der Waals surface area contributed by atoms with Crippen molar-refractivity contribution in [1.29, 1.82) is 0 Å². The maximum atomic E-state index is 5.58. The van der Waals surface area contributed by atoms with E-state index in [0.717, 1.165) is 27.2 Å². The molecule has 2 aromatic rings. The summed E-state index contributed by atoms with van der Waals surface area (Å²) in [6.45, 7) is 3.28. The molecule has 0 radical (unpaired) electrons. The Morgan fingerprint density at radius 3 is 2.50 bits per heavy atom. The van der Waals surface area contributed by atoms with Gasteiger partial charge in [0.05, 0.1) is 13.7 Å². The van der Waals surface area contributed by atoms with Crippen LogP contribution < -0.4 is 14.8 Å². The van der Waals surface area contributed by atoms with Gasteiger partial charge in [0.15, 0.2) is 11.5 Å². The average Bonchev–Trinajstić information content (AvgIpc) is 2.47. The number of hydrogen-bond acceptors (Lipinski definition) is 3. The van der Waals surface area contributed by atoms with E-state index >= 15 is 0 Å². The van der Waals surface area contributed by atoms with Crippen LogP contribution >= 0.6 is 15.9 Å². The maximum absolute atomic E-state index is 5.58. The number of ether oxygens (including phenoxy) is 2. The standard InChI is InChI=1S/C16H18BrNO2/c1-3-20-15-6-4-5-12(16(15)19-2)11-18-14-9-7-13(17)8-10-14/h4-10,18H,3,11H2,1-2H3. The molecular formula is C16H18BrNO2. The number of methoxy groups -OCH3 is 1. The van der Waals surface area contributed by atoms with Crippen molar-refractivity contribution in [2.45, 2.75) is 13.5 Å². The van der Waals surface area contributed by atoms with Crippen molar-refractivity contribution < 1.29 is 9.47 Å². The smallest absolute Gasteiger partial charge is 0.165 e. The lowest BCUT2D eigenvalue weighted by atomic mass is 10.1. The first kappa shape index (κ1) is 14.7. The second-order valence-corrected chi connectivity index (χ2v) is 5.16. The van der Waals surface area contributed by atoms with Crippen LogP contribution in [0.5, 0.6) is 11.5 Å². The van der Waals surface area contributed by atoms with Crippen molar-refractivity contribution >= 4 is 21.6 Å². The van der Waals surface area contributed by atoms with Gasteiger partial charge in [-0.25, -0.2) is 0 Å². The van der Waals surface area contributed by atoms with Gasteiger partial charge in [-0.1, -0.05) is 28.1 Å². The van der Waals surface area contributed by atoms with Crippen molar-refractivity contribution in [3.8, 4) is 11.5 Å². The van der Waals surface area contributed by atoms with Crippen LogP contribution in [-0.2, 0) is 6.54 Å². The summed E-state index contributed by atoms with van der Waals surface area (Å²) < 4.78 is 12.1. The Bertz CT molecular complexity index is 555. The van der Waals surface area contributed by atoms with E-state index in [1.54, 1.807) is 7.11 Å². The second kappa shape index (κ2) is 7.20. The Morgan fingerprint density at radius 2 is 1.85 bits per heavy atom. The summed E-state index contributed by atoms with van der Waals surface area (Å²) in [4.78, 5) is 0. The van der Waals surface area contributed by atoms with Crippen LogP contribution in [0.1, 0.15) is 12.5 Å². The molecule has 106 valence electrons. The van der Waals surface area contributed by atoms with Crippen molar-refractivity contribution in [3.05, 3.63) is 52.5 Å². The molecular weight excluding hydrogens is 318 g/mol. The summed E-state index contributed by atoms with van der Waals surface area (Å²) in [5.74, 6) is 1.57. The first-order valence-corrected chi connectivity index (χ1v) is 7.32. The molecule has 0 spiro atoms. The number of rotatable bonds is 6. The molecule has 0 atom stereocenters. The SMILES string of the molecule is CCOc1cccc(CNc2ccc(Br)cc2)c1OC. The predicted octanol–water partition coefficient (Wildman–Crippen LogP) is 4.47. The molecule has 2 rings (SSSR count). The van der Waals surface area contributed by atoms with Crippen LogP contribution in [0.4, 0.5) is 5.69 Å². The molecule has 0 saturated carbocycles. The number of para-hydroxylation sites is 1. The van der Waals surface area contributed by atoms with E-state index < -0.39 is 0 Å². The largest absolute Gasteiger partial charge is 0.493 e. The fourth-order valence-electron chi connectivity index (χ4n) is 1.97. The van der Waals surface area contributed by atoms with Crippen LogP contribution in [0, 0.1) is 0 Å². The van der Waals surface area contributed by atoms with Crippen LogP contribution in [0.15, 0.2) is 46.9 Å². The number of anilines is 1. The third-order valence-corrected chi connectivity index (χ3v) is 3.42. The summed E-state index contributed by atoms with van der Waals surface area (Å²) >= 11 is 3.43. The van der Waals surface area contributed by atoms with E-state index in [4.69, 9.17) is 9.47 Å². The molecule has 0 aliphatic rings. The number of nitrogens with one attached hydrogen (secondary N) is 1. The fraction of sp³-hybridized carbons (Fsp3) is 0.250. The van der Waals surface area contributed by atoms with Crippen LogP contribution in [0.2, 0.25) is 0 Å². The molecule has 0 fully saturated rings. The molecule has 0 aliphatic carbocycles. The first-order chi connectivity index (χ1) is 9.74. The van der Waals surface area contributed by atoms with E-state index in [9.17, 15) is 0 Å². The average molecular weight is 336 g/mol. The third kappa shape index (κ3) is 3.67. The van der Waals surface area contributed by atoms with Gasteiger partial charge in [-0.05, 0) is 37.3 Å². The van der Waals surface area contributed by atoms with Gasteiger partial charge in [0.2, 0.25) is 0 Å². The molecule has 0 bridgehead atoms. The highest BCUT2D eigenvalue weighted by atomic mass is 79.9. The monoisotopic (exact) mass is 335 g/mol. The third-order valence-electron chi connectivity index (χ3n) is 2.89. The Balaban J connectivity index is 2.12. The van der Waals surface area contributed by atoms with E-state index in [0.29, 0.717) is 13.2 Å².